The second-order valence-corrected chi connectivity index (χ2v) is 5.67. The Morgan fingerprint density at radius 3 is 2.86 bits per heavy atom. The lowest BCUT2D eigenvalue weighted by molar-refractivity contribution is 0.0933. The second kappa shape index (κ2) is 6.13. The average Bonchev–Trinajstić information content (AvgIpc) is 2.54. The van der Waals surface area contributed by atoms with Gasteiger partial charge in [0, 0.05) is 17.7 Å². The van der Waals surface area contributed by atoms with Gasteiger partial charge in [-0.15, -0.1) is 0 Å². The summed E-state index contributed by atoms with van der Waals surface area (Å²) >= 11 is 0. The van der Waals surface area contributed by atoms with E-state index in [1.807, 2.05) is 24.3 Å². The van der Waals surface area contributed by atoms with Crippen molar-refractivity contribution in [2.24, 2.45) is 0 Å². The van der Waals surface area contributed by atoms with E-state index in [0.717, 1.165) is 30.5 Å². The van der Waals surface area contributed by atoms with Gasteiger partial charge in [0.25, 0.3) is 11.5 Å². The average molecular weight is 297 g/mol. The standard InChI is InChI=1S/C17H19N3O2/c1-2-11-3-5-12(6-4-11)17(22)18-14-7-8-15-13(9-14)10-16(21)20-19-15/h3-6,10,14H,2,7-9H2,1H3,(H,18,22)(H,20,21). The summed E-state index contributed by atoms with van der Waals surface area (Å²) in [4.78, 5) is 23.6. The second-order valence-electron chi connectivity index (χ2n) is 5.67. The van der Waals surface area contributed by atoms with Crippen molar-refractivity contribution in [1.29, 1.82) is 0 Å². The fourth-order valence-corrected chi connectivity index (χ4v) is 2.82. The zero-order chi connectivity index (χ0) is 15.5. The van der Waals surface area contributed by atoms with Crippen LogP contribution >= 0.6 is 0 Å². The lowest BCUT2D eigenvalue weighted by Crippen LogP contribution is -2.39. The van der Waals surface area contributed by atoms with Gasteiger partial charge in [0.15, 0.2) is 0 Å². The summed E-state index contributed by atoms with van der Waals surface area (Å²) in [7, 11) is 0. The molecule has 114 valence electrons. The van der Waals surface area contributed by atoms with Crippen LogP contribution < -0.4 is 10.9 Å². The summed E-state index contributed by atoms with van der Waals surface area (Å²) < 4.78 is 0. The van der Waals surface area contributed by atoms with Crippen LogP contribution in [0.2, 0.25) is 0 Å². The lowest BCUT2D eigenvalue weighted by atomic mass is 9.92. The van der Waals surface area contributed by atoms with Crippen LogP contribution in [0.25, 0.3) is 0 Å². The Kier molecular flexibility index (Phi) is 4.04. The van der Waals surface area contributed by atoms with Crippen LogP contribution in [0.1, 0.15) is 40.5 Å². The van der Waals surface area contributed by atoms with Crippen molar-refractivity contribution in [2.45, 2.75) is 38.6 Å². The molecule has 0 fully saturated rings. The van der Waals surface area contributed by atoms with Gasteiger partial charge in [0.05, 0.1) is 5.69 Å². The topological polar surface area (TPSA) is 74.8 Å². The van der Waals surface area contributed by atoms with Gasteiger partial charge in [-0.1, -0.05) is 19.1 Å². The molecule has 0 spiro atoms. The summed E-state index contributed by atoms with van der Waals surface area (Å²) in [5, 5.41) is 9.57. The molecule has 0 aliphatic heterocycles. The predicted molar refractivity (Wildman–Crippen MR) is 84.0 cm³/mol. The van der Waals surface area contributed by atoms with E-state index in [0.29, 0.717) is 12.0 Å². The molecule has 22 heavy (non-hydrogen) atoms. The molecule has 1 aliphatic rings. The molecule has 5 heteroatoms. The molecule has 2 N–H and O–H groups in total. The molecule has 0 saturated carbocycles. The highest BCUT2D eigenvalue weighted by Crippen LogP contribution is 2.18. The van der Waals surface area contributed by atoms with Gasteiger partial charge in [-0.25, -0.2) is 5.10 Å². The van der Waals surface area contributed by atoms with Crippen LogP contribution in [-0.4, -0.2) is 22.1 Å². The zero-order valence-corrected chi connectivity index (χ0v) is 12.6. The van der Waals surface area contributed by atoms with Gasteiger partial charge in [-0.3, -0.25) is 9.59 Å². The number of benzene rings is 1. The van der Waals surface area contributed by atoms with Crippen LogP contribution in [0.15, 0.2) is 35.1 Å². The monoisotopic (exact) mass is 297 g/mol. The Bertz CT molecular complexity index is 734. The summed E-state index contributed by atoms with van der Waals surface area (Å²) in [5.74, 6) is -0.0612. The molecule has 1 aliphatic carbocycles. The maximum Gasteiger partial charge on any atom is 0.264 e. The van der Waals surface area contributed by atoms with E-state index in [-0.39, 0.29) is 17.5 Å². The van der Waals surface area contributed by atoms with E-state index in [4.69, 9.17) is 0 Å². The third kappa shape index (κ3) is 3.08. The predicted octanol–water partition coefficient (Wildman–Crippen LogP) is 1.62. The number of hydrogen-bond donors (Lipinski definition) is 2. The maximum atomic E-state index is 12.3. The summed E-state index contributed by atoms with van der Waals surface area (Å²) in [5.41, 5.74) is 3.56. The highest BCUT2D eigenvalue weighted by atomic mass is 16.1. The fraction of sp³-hybridized carbons (Fsp3) is 0.353. The van der Waals surface area contributed by atoms with Gasteiger partial charge >= 0.3 is 0 Å². The van der Waals surface area contributed by atoms with Crippen molar-refractivity contribution in [3.05, 3.63) is 63.1 Å². The molecule has 1 aromatic carbocycles. The third-order valence-electron chi connectivity index (χ3n) is 4.13. The Balaban J connectivity index is 1.68. The molecule has 3 rings (SSSR count). The molecule has 0 bridgehead atoms. The number of carbonyl (C=O) groups is 1. The van der Waals surface area contributed by atoms with Gasteiger partial charge < -0.3 is 5.32 Å². The molecular formula is C17H19N3O2. The number of aromatic nitrogens is 2. The Morgan fingerprint density at radius 2 is 2.14 bits per heavy atom. The number of hydrogen-bond acceptors (Lipinski definition) is 3. The summed E-state index contributed by atoms with van der Waals surface area (Å²) in [6.07, 6.45) is 3.23. The maximum absolute atomic E-state index is 12.3. The van der Waals surface area contributed by atoms with E-state index < -0.39 is 0 Å². The Labute approximate surface area is 128 Å². The minimum Gasteiger partial charge on any atom is -0.349 e. The molecule has 1 aromatic heterocycles. The highest BCUT2D eigenvalue weighted by molar-refractivity contribution is 5.94. The van der Waals surface area contributed by atoms with Crippen LogP contribution in [0.5, 0.6) is 0 Å². The smallest absolute Gasteiger partial charge is 0.264 e. The van der Waals surface area contributed by atoms with Crippen molar-refractivity contribution >= 4 is 5.91 Å². The number of fused-ring (bicyclic) bond motifs is 1. The van der Waals surface area contributed by atoms with Crippen molar-refractivity contribution in [2.75, 3.05) is 0 Å². The number of amides is 1. The number of H-pyrrole nitrogens is 1. The molecule has 1 atom stereocenters. The highest BCUT2D eigenvalue weighted by Gasteiger charge is 2.22. The number of aromatic amines is 1. The molecule has 0 saturated heterocycles. The van der Waals surface area contributed by atoms with Crippen molar-refractivity contribution in [3.63, 3.8) is 0 Å². The SMILES string of the molecule is CCc1ccc(C(=O)NC2CCc3n[nH]c(=O)cc3C2)cc1. The summed E-state index contributed by atoms with van der Waals surface area (Å²) in [6, 6.07) is 9.31. The summed E-state index contributed by atoms with van der Waals surface area (Å²) in [6.45, 7) is 2.09. The van der Waals surface area contributed by atoms with Gasteiger partial charge in [0.1, 0.15) is 0 Å². The third-order valence-corrected chi connectivity index (χ3v) is 4.13. The number of rotatable bonds is 3. The van der Waals surface area contributed by atoms with E-state index in [1.54, 1.807) is 6.07 Å². The molecular weight excluding hydrogens is 278 g/mol. The van der Waals surface area contributed by atoms with Gasteiger partial charge in [0.2, 0.25) is 0 Å². The molecule has 1 heterocycles. The van der Waals surface area contributed by atoms with Crippen LogP contribution in [0.3, 0.4) is 0 Å². The minimum absolute atomic E-state index is 0.0504. The first-order valence-corrected chi connectivity index (χ1v) is 7.63. The number of aryl methyl sites for hydroxylation is 2. The van der Waals surface area contributed by atoms with E-state index in [9.17, 15) is 9.59 Å². The largest absolute Gasteiger partial charge is 0.349 e. The lowest BCUT2D eigenvalue weighted by Gasteiger charge is -2.24. The molecule has 5 nitrogen and oxygen atoms in total. The fourth-order valence-electron chi connectivity index (χ4n) is 2.82. The van der Waals surface area contributed by atoms with E-state index in [2.05, 4.69) is 22.4 Å². The van der Waals surface area contributed by atoms with E-state index >= 15 is 0 Å². The normalized spacial score (nSPS) is 16.9. The molecule has 1 unspecified atom stereocenters. The number of nitrogens with zero attached hydrogens (tertiary/aromatic N) is 1. The quantitative estimate of drug-likeness (QED) is 0.904. The van der Waals surface area contributed by atoms with E-state index in [1.165, 1.54) is 5.56 Å². The minimum atomic E-state index is -0.194. The Morgan fingerprint density at radius 1 is 1.36 bits per heavy atom. The van der Waals surface area contributed by atoms with Crippen LogP contribution in [-0.2, 0) is 19.3 Å². The molecule has 1 amide bonds. The number of carbonyl (C=O) groups excluding carboxylic acids is 1. The zero-order valence-electron chi connectivity index (χ0n) is 12.6. The Hall–Kier alpha value is -2.43. The van der Waals surface area contributed by atoms with Crippen LogP contribution in [0.4, 0.5) is 0 Å². The molecule has 0 radical (unpaired) electrons. The first-order chi connectivity index (χ1) is 10.7. The first kappa shape index (κ1) is 14.5. The van der Waals surface area contributed by atoms with Crippen molar-refractivity contribution in [3.8, 4) is 0 Å². The van der Waals surface area contributed by atoms with Crippen LogP contribution in [0, 0.1) is 0 Å². The van der Waals surface area contributed by atoms with Crippen molar-refractivity contribution in [1.82, 2.24) is 15.5 Å². The van der Waals surface area contributed by atoms with Gasteiger partial charge in [-0.05, 0) is 48.9 Å². The number of nitrogens with one attached hydrogen (secondary N) is 2. The molecule has 2 aromatic rings. The van der Waals surface area contributed by atoms with Crippen molar-refractivity contribution < 1.29 is 4.79 Å². The van der Waals surface area contributed by atoms with Gasteiger partial charge in [-0.2, -0.15) is 5.10 Å². The first-order valence-electron chi connectivity index (χ1n) is 7.63.